The van der Waals surface area contributed by atoms with Gasteiger partial charge in [-0.15, -0.1) is 0 Å². The molecule has 4 aromatic rings. The molecule has 0 fully saturated rings. The molecule has 0 aliphatic carbocycles. The van der Waals surface area contributed by atoms with E-state index in [2.05, 4.69) is 10.3 Å². The molecule has 0 saturated heterocycles. The predicted octanol–water partition coefficient (Wildman–Crippen LogP) is 4.48. The van der Waals surface area contributed by atoms with E-state index in [0.29, 0.717) is 5.52 Å². The van der Waals surface area contributed by atoms with Crippen molar-refractivity contribution in [2.75, 3.05) is 17.3 Å². The SMILES string of the molecule is Cc1cccc(C)c1NC(=O)c1nc(C(=O)N(C)c2ccccc2)n2ccccc12. The lowest BCUT2D eigenvalue weighted by atomic mass is 10.1. The number of anilines is 2. The molecule has 1 N–H and O–H groups in total. The fraction of sp³-hybridized carbons (Fsp3) is 0.125. The number of amides is 2. The van der Waals surface area contributed by atoms with Crippen molar-refractivity contribution in [1.82, 2.24) is 9.38 Å². The molecule has 0 bridgehead atoms. The third-order valence-corrected chi connectivity index (χ3v) is 5.12. The molecule has 0 atom stereocenters. The van der Waals surface area contributed by atoms with Crippen molar-refractivity contribution in [1.29, 1.82) is 0 Å². The van der Waals surface area contributed by atoms with E-state index in [1.807, 2.05) is 68.4 Å². The van der Waals surface area contributed by atoms with Crippen molar-refractivity contribution < 1.29 is 9.59 Å². The van der Waals surface area contributed by atoms with Crippen LogP contribution in [-0.2, 0) is 0 Å². The Morgan fingerprint density at radius 1 is 0.900 bits per heavy atom. The number of carbonyl (C=O) groups excluding carboxylic acids is 2. The van der Waals surface area contributed by atoms with Crippen LogP contribution in [0.3, 0.4) is 0 Å². The number of fused-ring (bicyclic) bond motifs is 1. The number of nitrogens with zero attached hydrogens (tertiary/aromatic N) is 3. The van der Waals surface area contributed by atoms with Gasteiger partial charge in [0.15, 0.2) is 5.69 Å². The van der Waals surface area contributed by atoms with E-state index in [9.17, 15) is 9.59 Å². The molecule has 0 unspecified atom stereocenters. The predicted molar refractivity (Wildman–Crippen MR) is 118 cm³/mol. The van der Waals surface area contributed by atoms with Gasteiger partial charge >= 0.3 is 0 Å². The molecule has 2 aromatic heterocycles. The van der Waals surface area contributed by atoms with Gasteiger partial charge in [-0.05, 0) is 49.2 Å². The Kier molecular flexibility index (Phi) is 5.06. The number of para-hydroxylation sites is 2. The summed E-state index contributed by atoms with van der Waals surface area (Å²) in [4.78, 5) is 32.2. The van der Waals surface area contributed by atoms with E-state index < -0.39 is 0 Å². The van der Waals surface area contributed by atoms with Gasteiger partial charge in [0.1, 0.15) is 0 Å². The Balaban J connectivity index is 1.74. The van der Waals surface area contributed by atoms with E-state index in [1.165, 1.54) is 4.90 Å². The third-order valence-electron chi connectivity index (χ3n) is 5.12. The zero-order valence-electron chi connectivity index (χ0n) is 17.1. The number of benzene rings is 2. The molecule has 0 saturated carbocycles. The molecule has 2 aromatic carbocycles. The highest BCUT2D eigenvalue weighted by molar-refractivity contribution is 6.11. The highest BCUT2D eigenvalue weighted by Crippen LogP contribution is 2.23. The summed E-state index contributed by atoms with van der Waals surface area (Å²) >= 11 is 0. The first-order valence-electron chi connectivity index (χ1n) is 9.65. The maximum atomic E-state index is 13.2. The van der Waals surface area contributed by atoms with Crippen molar-refractivity contribution in [3.8, 4) is 0 Å². The van der Waals surface area contributed by atoms with Crippen LogP contribution >= 0.6 is 0 Å². The van der Waals surface area contributed by atoms with Crippen LogP contribution in [0.2, 0.25) is 0 Å². The van der Waals surface area contributed by atoms with Gasteiger partial charge < -0.3 is 10.2 Å². The second kappa shape index (κ2) is 7.83. The standard InChI is InChI=1S/C24H22N4O2/c1-16-10-9-11-17(2)20(16)26-23(29)21-19-14-7-8-15-28(19)22(25-21)24(30)27(3)18-12-5-4-6-13-18/h4-15H,1-3H3,(H,26,29). The second-order valence-corrected chi connectivity index (χ2v) is 7.16. The maximum Gasteiger partial charge on any atom is 0.294 e. The quantitative estimate of drug-likeness (QED) is 0.551. The van der Waals surface area contributed by atoms with Gasteiger partial charge in [0.2, 0.25) is 5.82 Å². The number of nitrogens with one attached hydrogen (secondary N) is 1. The van der Waals surface area contributed by atoms with Gasteiger partial charge in [-0.2, -0.15) is 0 Å². The summed E-state index contributed by atoms with van der Waals surface area (Å²) in [5.41, 5.74) is 4.22. The molecular weight excluding hydrogens is 376 g/mol. The van der Waals surface area contributed by atoms with Gasteiger partial charge in [0.25, 0.3) is 11.8 Å². The first-order valence-corrected chi connectivity index (χ1v) is 9.65. The second-order valence-electron chi connectivity index (χ2n) is 7.16. The van der Waals surface area contributed by atoms with E-state index in [4.69, 9.17) is 0 Å². The van der Waals surface area contributed by atoms with Crippen molar-refractivity contribution in [3.63, 3.8) is 0 Å². The Morgan fingerprint density at radius 3 is 2.27 bits per heavy atom. The number of pyridine rings is 1. The topological polar surface area (TPSA) is 66.7 Å². The van der Waals surface area contributed by atoms with Crippen LogP contribution in [0.5, 0.6) is 0 Å². The van der Waals surface area contributed by atoms with E-state index in [0.717, 1.165) is 22.5 Å². The molecular formula is C24H22N4O2. The molecule has 0 aliphatic heterocycles. The summed E-state index contributed by atoms with van der Waals surface area (Å²) in [5, 5.41) is 2.96. The van der Waals surface area contributed by atoms with Crippen molar-refractivity contribution in [2.24, 2.45) is 0 Å². The van der Waals surface area contributed by atoms with E-state index >= 15 is 0 Å². The normalized spacial score (nSPS) is 10.8. The van der Waals surface area contributed by atoms with Crippen LogP contribution < -0.4 is 10.2 Å². The van der Waals surface area contributed by atoms with Crippen LogP contribution in [0, 0.1) is 13.8 Å². The average molecular weight is 398 g/mol. The number of hydrogen-bond donors (Lipinski definition) is 1. The minimum Gasteiger partial charge on any atom is -0.320 e. The Bertz CT molecular complexity index is 1220. The maximum absolute atomic E-state index is 13.2. The summed E-state index contributed by atoms with van der Waals surface area (Å²) in [6.07, 6.45) is 1.74. The van der Waals surface area contributed by atoms with Crippen LogP contribution in [0.1, 0.15) is 32.2 Å². The van der Waals surface area contributed by atoms with Crippen LogP contribution in [0.25, 0.3) is 5.52 Å². The number of hydrogen-bond acceptors (Lipinski definition) is 3. The summed E-state index contributed by atoms with van der Waals surface area (Å²) < 4.78 is 1.65. The van der Waals surface area contributed by atoms with Gasteiger partial charge in [0.05, 0.1) is 5.52 Å². The molecule has 0 aliphatic rings. The fourth-order valence-electron chi connectivity index (χ4n) is 3.46. The van der Waals surface area contributed by atoms with Gasteiger partial charge in [-0.25, -0.2) is 4.98 Å². The lowest BCUT2D eigenvalue weighted by molar-refractivity contribution is 0.0982. The third kappa shape index (κ3) is 3.43. The molecule has 6 nitrogen and oxygen atoms in total. The number of imidazole rings is 1. The van der Waals surface area contributed by atoms with Crippen LogP contribution in [0.15, 0.2) is 72.9 Å². The largest absolute Gasteiger partial charge is 0.320 e. The monoisotopic (exact) mass is 398 g/mol. The van der Waals surface area contributed by atoms with Crippen LogP contribution in [-0.4, -0.2) is 28.2 Å². The Hall–Kier alpha value is -3.93. The summed E-state index contributed by atoms with van der Waals surface area (Å²) in [5.74, 6) is -0.463. The molecule has 150 valence electrons. The van der Waals surface area contributed by atoms with E-state index in [1.54, 1.807) is 29.8 Å². The smallest absolute Gasteiger partial charge is 0.294 e. The molecule has 2 heterocycles. The lowest BCUT2D eigenvalue weighted by Gasteiger charge is -2.16. The molecule has 6 heteroatoms. The average Bonchev–Trinajstić information content (AvgIpc) is 3.16. The minimum atomic E-state index is -0.350. The highest BCUT2D eigenvalue weighted by atomic mass is 16.2. The number of rotatable bonds is 4. The Morgan fingerprint density at radius 2 is 1.57 bits per heavy atom. The number of aryl methyl sites for hydroxylation is 2. The van der Waals surface area contributed by atoms with Gasteiger partial charge in [0, 0.05) is 24.6 Å². The highest BCUT2D eigenvalue weighted by Gasteiger charge is 2.24. The van der Waals surface area contributed by atoms with Gasteiger partial charge in [-0.3, -0.25) is 14.0 Å². The fourth-order valence-corrected chi connectivity index (χ4v) is 3.46. The Labute approximate surface area is 174 Å². The van der Waals surface area contributed by atoms with Crippen LogP contribution in [0.4, 0.5) is 11.4 Å². The minimum absolute atomic E-state index is 0.184. The molecule has 30 heavy (non-hydrogen) atoms. The number of carbonyl (C=O) groups is 2. The summed E-state index contributed by atoms with van der Waals surface area (Å²) in [6.45, 7) is 3.88. The first kappa shape index (κ1) is 19.4. The lowest BCUT2D eigenvalue weighted by Crippen LogP contribution is -2.28. The molecule has 2 amide bonds. The molecule has 4 rings (SSSR count). The molecule has 0 radical (unpaired) electrons. The zero-order valence-corrected chi connectivity index (χ0v) is 17.1. The first-order chi connectivity index (χ1) is 14.5. The van der Waals surface area contributed by atoms with Gasteiger partial charge in [-0.1, -0.05) is 42.5 Å². The summed E-state index contributed by atoms with van der Waals surface area (Å²) in [6, 6.07) is 20.6. The molecule has 0 spiro atoms. The zero-order chi connectivity index (χ0) is 21.3. The summed E-state index contributed by atoms with van der Waals surface area (Å²) in [7, 11) is 1.69. The van der Waals surface area contributed by atoms with Crippen molar-refractivity contribution in [3.05, 3.63) is 95.6 Å². The van der Waals surface area contributed by atoms with Crippen molar-refractivity contribution >= 4 is 28.7 Å². The van der Waals surface area contributed by atoms with Crippen molar-refractivity contribution in [2.45, 2.75) is 13.8 Å². The number of aromatic nitrogens is 2. The van der Waals surface area contributed by atoms with E-state index in [-0.39, 0.29) is 23.3 Å².